The molecule has 0 aliphatic heterocycles. The number of amides is 1. The summed E-state index contributed by atoms with van der Waals surface area (Å²) in [6.45, 7) is 3.16. The van der Waals surface area contributed by atoms with Crippen LogP contribution >= 0.6 is 11.6 Å². The number of aliphatic hydroxyl groups is 1. The molecule has 0 bridgehead atoms. The Morgan fingerprint density at radius 3 is 2.65 bits per heavy atom. The van der Waals surface area contributed by atoms with E-state index in [9.17, 15) is 9.59 Å². The van der Waals surface area contributed by atoms with Crippen LogP contribution in [-0.4, -0.2) is 46.7 Å². The minimum absolute atomic E-state index is 0.0214. The van der Waals surface area contributed by atoms with Gasteiger partial charge in [-0.1, -0.05) is 25.4 Å². The molecule has 1 aromatic rings. The van der Waals surface area contributed by atoms with Crippen molar-refractivity contribution < 1.29 is 19.4 Å². The maximum absolute atomic E-state index is 12.0. The fraction of sp³-hybridized carbons (Fsp3) is 0.500. The van der Waals surface area contributed by atoms with Crippen molar-refractivity contribution in [2.45, 2.75) is 25.8 Å². The van der Waals surface area contributed by atoms with Crippen molar-refractivity contribution in [2.75, 3.05) is 13.7 Å². The average molecular weight is 302 g/mol. The third kappa shape index (κ3) is 3.88. The number of carbonyl (C=O) groups is 2. The van der Waals surface area contributed by atoms with E-state index < -0.39 is 24.5 Å². The summed E-state index contributed by atoms with van der Waals surface area (Å²) >= 11 is 5.87. The second-order valence-electron chi connectivity index (χ2n) is 4.31. The minimum atomic E-state index is -1.17. The van der Waals surface area contributed by atoms with Gasteiger partial charge in [0.1, 0.15) is 11.5 Å². The van der Waals surface area contributed by atoms with Gasteiger partial charge in [-0.25, -0.2) is 14.8 Å². The lowest BCUT2D eigenvalue weighted by atomic mass is 10.2. The zero-order chi connectivity index (χ0) is 15.3. The maximum atomic E-state index is 12.0. The topological polar surface area (TPSA) is 101 Å². The highest BCUT2D eigenvalue weighted by Crippen LogP contribution is 2.16. The summed E-state index contributed by atoms with van der Waals surface area (Å²) in [7, 11) is 1.16. The number of nitrogens with zero attached hydrogens (tertiary/aromatic N) is 2. The highest BCUT2D eigenvalue weighted by atomic mass is 35.5. The lowest BCUT2D eigenvalue weighted by Gasteiger charge is -2.14. The lowest BCUT2D eigenvalue weighted by molar-refractivity contribution is -0.143. The van der Waals surface area contributed by atoms with Crippen LogP contribution in [0.4, 0.5) is 0 Å². The van der Waals surface area contributed by atoms with Crippen molar-refractivity contribution in [3.8, 4) is 0 Å². The van der Waals surface area contributed by atoms with Crippen LogP contribution in [0.15, 0.2) is 6.20 Å². The first kappa shape index (κ1) is 16.3. The van der Waals surface area contributed by atoms with E-state index in [2.05, 4.69) is 20.0 Å². The molecule has 0 aliphatic rings. The van der Waals surface area contributed by atoms with E-state index in [1.807, 2.05) is 13.8 Å². The summed E-state index contributed by atoms with van der Waals surface area (Å²) in [5.74, 6) is -0.954. The van der Waals surface area contributed by atoms with Crippen LogP contribution in [0.2, 0.25) is 5.02 Å². The Kier molecular flexibility index (Phi) is 5.84. The van der Waals surface area contributed by atoms with Crippen LogP contribution in [-0.2, 0) is 9.53 Å². The molecule has 8 heteroatoms. The summed E-state index contributed by atoms with van der Waals surface area (Å²) in [6.07, 6.45) is 1.32. The second kappa shape index (κ2) is 7.16. The van der Waals surface area contributed by atoms with E-state index in [1.54, 1.807) is 0 Å². The molecule has 1 rings (SSSR count). The average Bonchev–Trinajstić information content (AvgIpc) is 2.43. The van der Waals surface area contributed by atoms with Gasteiger partial charge in [0.25, 0.3) is 5.91 Å². The summed E-state index contributed by atoms with van der Waals surface area (Å²) in [5.41, 5.74) is -0.0484. The third-order valence-electron chi connectivity index (χ3n) is 2.47. The van der Waals surface area contributed by atoms with E-state index in [1.165, 1.54) is 6.20 Å². The van der Waals surface area contributed by atoms with Gasteiger partial charge in [-0.15, -0.1) is 0 Å². The van der Waals surface area contributed by atoms with Crippen molar-refractivity contribution in [3.05, 3.63) is 22.7 Å². The zero-order valence-corrected chi connectivity index (χ0v) is 12.1. The largest absolute Gasteiger partial charge is 0.467 e. The number of halogens is 1. The van der Waals surface area contributed by atoms with Crippen molar-refractivity contribution in [1.29, 1.82) is 0 Å². The number of rotatable bonds is 5. The fourth-order valence-corrected chi connectivity index (χ4v) is 1.54. The maximum Gasteiger partial charge on any atom is 0.330 e. The molecule has 7 nitrogen and oxygen atoms in total. The number of methoxy groups -OCH3 is 1. The molecular formula is C12H16ClN3O4. The van der Waals surface area contributed by atoms with Crippen LogP contribution in [0.5, 0.6) is 0 Å². The van der Waals surface area contributed by atoms with Gasteiger partial charge in [0.05, 0.1) is 24.9 Å². The van der Waals surface area contributed by atoms with Gasteiger partial charge in [0, 0.05) is 5.92 Å². The third-order valence-corrected chi connectivity index (χ3v) is 2.74. The highest BCUT2D eigenvalue weighted by Gasteiger charge is 2.23. The molecule has 110 valence electrons. The molecule has 0 saturated heterocycles. The molecule has 0 saturated carbocycles. The molecule has 2 N–H and O–H groups in total. The Hall–Kier alpha value is -1.73. The SMILES string of the molecule is COC(=O)C(CO)NC(=O)c1nc(C(C)C)ncc1Cl. The zero-order valence-electron chi connectivity index (χ0n) is 11.4. The number of hydrogen-bond acceptors (Lipinski definition) is 6. The normalized spacial score (nSPS) is 12.1. The Bertz CT molecular complexity index is 507. The van der Waals surface area contributed by atoms with Gasteiger partial charge in [0.15, 0.2) is 6.04 Å². The molecule has 1 heterocycles. The van der Waals surface area contributed by atoms with E-state index in [0.29, 0.717) is 5.82 Å². The predicted molar refractivity (Wildman–Crippen MR) is 71.5 cm³/mol. The molecule has 0 spiro atoms. The van der Waals surface area contributed by atoms with Gasteiger partial charge in [-0.3, -0.25) is 4.79 Å². The van der Waals surface area contributed by atoms with Crippen LogP contribution < -0.4 is 5.32 Å². The van der Waals surface area contributed by atoms with Gasteiger partial charge in [-0.05, 0) is 0 Å². The summed E-state index contributed by atoms with van der Waals surface area (Å²) < 4.78 is 4.45. The summed E-state index contributed by atoms with van der Waals surface area (Å²) in [4.78, 5) is 31.4. The Morgan fingerprint density at radius 1 is 1.50 bits per heavy atom. The van der Waals surface area contributed by atoms with Crippen molar-refractivity contribution in [1.82, 2.24) is 15.3 Å². The molecule has 0 radical (unpaired) electrons. The van der Waals surface area contributed by atoms with Crippen LogP contribution in [0, 0.1) is 0 Å². The number of aliphatic hydroxyl groups excluding tert-OH is 1. The van der Waals surface area contributed by atoms with E-state index in [4.69, 9.17) is 16.7 Å². The molecule has 0 fully saturated rings. The van der Waals surface area contributed by atoms with E-state index >= 15 is 0 Å². The van der Waals surface area contributed by atoms with Crippen LogP contribution in [0.3, 0.4) is 0 Å². The second-order valence-corrected chi connectivity index (χ2v) is 4.72. The molecular weight excluding hydrogens is 286 g/mol. The summed E-state index contributed by atoms with van der Waals surface area (Å²) in [6, 6.07) is -1.17. The van der Waals surface area contributed by atoms with E-state index in [-0.39, 0.29) is 16.6 Å². The summed E-state index contributed by atoms with van der Waals surface area (Å²) in [5, 5.41) is 11.4. The highest BCUT2D eigenvalue weighted by molar-refractivity contribution is 6.33. The Labute approximate surface area is 121 Å². The Balaban J connectivity index is 2.96. The molecule has 0 aromatic carbocycles. The van der Waals surface area contributed by atoms with Crippen LogP contribution in [0.25, 0.3) is 0 Å². The monoisotopic (exact) mass is 301 g/mol. The number of hydrogen-bond donors (Lipinski definition) is 2. The Morgan fingerprint density at radius 2 is 2.15 bits per heavy atom. The minimum Gasteiger partial charge on any atom is -0.467 e. The van der Waals surface area contributed by atoms with E-state index in [0.717, 1.165) is 7.11 Å². The standard InChI is InChI=1S/C12H16ClN3O4/c1-6(2)10-14-4-7(13)9(16-10)11(18)15-8(5-17)12(19)20-3/h4,6,8,17H,5H2,1-3H3,(H,15,18). The quantitative estimate of drug-likeness (QED) is 0.769. The fourth-order valence-electron chi connectivity index (χ4n) is 1.37. The first-order chi connectivity index (χ1) is 9.40. The molecule has 1 aromatic heterocycles. The van der Waals surface area contributed by atoms with Gasteiger partial charge < -0.3 is 15.2 Å². The molecule has 1 unspecified atom stereocenters. The van der Waals surface area contributed by atoms with Crippen LogP contribution in [0.1, 0.15) is 36.1 Å². The number of aromatic nitrogens is 2. The molecule has 20 heavy (non-hydrogen) atoms. The molecule has 1 atom stereocenters. The molecule has 1 amide bonds. The van der Waals surface area contributed by atoms with Crippen molar-refractivity contribution in [3.63, 3.8) is 0 Å². The number of carbonyl (C=O) groups excluding carboxylic acids is 2. The van der Waals surface area contributed by atoms with Gasteiger partial charge >= 0.3 is 5.97 Å². The van der Waals surface area contributed by atoms with Crippen molar-refractivity contribution >= 4 is 23.5 Å². The van der Waals surface area contributed by atoms with Crippen molar-refractivity contribution in [2.24, 2.45) is 0 Å². The number of ether oxygens (including phenoxy) is 1. The smallest absolute Gasteiger partial charge is 0.330 e. The van der Waals surface area contributed by atoms with Gasteiger partial charge in [-0.2, -0.15) is 0 Å². The lowest BCUT2D eigenvalue weighted by Crippen LogP contribution is -2.44. The van der Waals surface area contributed by atoms with Gasteiger partial charge in [0.2, 0.25) is 0 Å². The number of esters is 1. The first-order valence-electron chi connectivity index (χ1n) is 5.92. The molecule has 0 aliphatic carbocycles. The predicted octanol–water partition coefficient (Wildman–Crippen LogP) is 0.517. The first-order valence-corrected chi connectivity index (χ1v) is 6.30. The number of nitrogens with one attached hydrogen (secondary N) is 1.